The lowest BCUT2D eigenvalue weighted by atomic mass is 10.1. The third-order valence-electron chi connectivity index (χ3n) is 3.68. The van der Waals surface area contributed by atoms with Crippen LogP contribution in [0.1, 0.15) is 21.8 Å². The summed E-state index contributed by atoms with van der Waals surface area (Å²) in [5, 5.41) is 2.03. The number of thiophene rings is 1. The number of carbonyl (C=O) groups excluding carboxylic acids is 1. The van der Waals surface area contributed by atoms with Crippen molar-refractivity contribution in [3.8, 4) is 0 Å². The number of hydrogen-bond acceptors (Lipinski definition) is 3. The Hall–Kier alpha value is -2.33. The Morgan fingerprint density at radius 1 is 1.09 bits per heavy atom. The fourth-order valence-corrected chi connectivity index (χ4v) is 3.13. The first-order chi connectivity index (χ1) is 11.2. The molecule has 0 radical (unpaired) electrons. The van der Waals surface area contributed by atoms with E-state index in [-0.39, 0.29) is 5.91 Å². The van der Waals surface area contributed by atoms with Crippen molar-refractivity contribution in [1.29, 1.82) is 0 Å². The molecule has 3 rings (SSSR count). The van der Waals surface area contributed by atoms with E-state index in [1.54, 1.807) is 17.6 Å². The van der Waals surface area contributed by atoms with Gasteiger partial charge in [-0.15, -0.1) is 11.3 Å². The van der Waals surface area contributed by atoms with Crippen LogP contribution in [-0.4, -0.2) is 10.8 Å². The summed E-state index contributed by atoms with van der Waals surface area (Å²) in [4.78, 5) is 15.8. The van der Waals surface area contributed by atoms with Gasteiger partial charge in [0.05, 0.1) is 25.8 Å². The number of furan rings is 1. The second-order valence-corrected chi connectivity index (χ2v) is 6.60. The maximum Gasteiger partial charge on any atom is 0.227 e. The first kappa shape index (κ1) is 15.6. The molecule has 118 valence electrons. The van der Waals surface area contributed by atoms with Gasteiger partial charge in [-0.3, -0.25) is 4.79 Å². The van der Waals surface area contributed by atoms with Crippen molar-refractivity contribution in [2.45, 2.75) is 26.4 Å². The number of hydrogen-bond donors (Lipinski definition) is 0. The van der Waals surface area contributed by atoms with Gasteiger partial charge < -0.3 is 9.32 Å². The van der Waals surface area contributed by atoms with Gasteiger partial charge in [0, 0.05) is 4.88 Å². The average Bonchev–Trinajstić information content (AvgIpc) is 3.22. The fraction of sp³-hybridized carbons (Fsp3) is 0.211. The lowest BCUT2D eigenvalue weighted by Crippen LogP contribution is -2.31. The number of benzene rings is 1. The number of nitrogens with zero attached hydrogens (tertiary/aromatic N) is 1. The van der Waals surface area contributed by atoms with Crippen LogP contribution in [0.4, 0.5) is 0 Å². The van der Waals surface area contributed by atoms with Crippen molar-refractivity contribution < 1.29 is 9.21 Å². The molecule has 0 saturated carbocycles. The van der Waals surface area contributed by atoms with Crippen molar-refractivity contribution in [2.24, 2.45) is 0 Å². The largest absolute Gasteiger partial charge is 0.467 e. The molecule has 0 saturated heterocycles. The highest BCUT2D eigenvalue weighted by atomic mass is 32.1. The number of carbonyl (C=O) groups is 1. The molecular weight excluding hydrogens is 306 g/mol. The van der Waals surface area contributed by atoms with Gasteiger partial charge in [0.25, 0.3) is 0 Å². The molecule has 3 aromatic rings. The third kappa shape index (κ3) is 4.33. The van der Waals surface area contributed by atoms with Crippen LogP contribution in [0.25, 0.3) is 0 Å². The van der Waals surface area contributed by atoms with Crippen molar-refractivity contribution in [1.82, 2.24) is 4.90 Å². The molecule has 2 aromatic heterocycles. The van der Waals surface area contributed by atoms with Crippen molar-refractivity contribution in [3.63, 3.8) is 0 Å². The molecule has 23 heavy (non-hydrogen) atoms. The van der Waals surface area contributed by atoms with Crippen molar-refractivity contribution in [3.05, 3.63) is 81.9 Å². The molecule has 3 nitrogen and oxygen atoms in total. The summed E-state index contributed by atoms with van der Waals surface area (Å²) < 4.78 is 5.41. The van der Waals surface area contributed by atoms with Gasteiger partial charge in [-0.25, -0.2) is 0 Å². The van der Waals surface area contributed by atoms with E-state index < -0.39 is 0 Å². The summed E-state index contributed by atoms with van der Waals surface area (Å²) in [5.41, 5.74) is 2.24. The quantitative estimate of drug-likeness (QED) is 0.672. The Kier molecular flexibility index (Phi) is 4.93. The van der Waals surface area contributed by atoms with E-state index in [1.165, 1.54) is 10.4 Å². The van der Waals surface area contributed by atoms with Gasteiger partial charge in [-0.1, -0.05) is 35.9 Å². The Morgan fingerprint density at radius 2 is 1.91 bits per heavy atom. The van der Waals surface area contributed by atoms with Crippen molar-refractivity contribution >= 4 is 17.2 Å². The minimum Gasteiger partial charge on any atom is -0.467 e. The molecular formula is C19H19NO2S. The van der Waals surface area contributed by atoms with Crippen LogP contribution in [0.2, 0.25) is 0 Å². The topological polar surface area (TPSA) is 33.5 Å². The van der Waals surface area contributed by atoms with Gasteiger partial charge in [0.15, 0.2) is 0 Å². The monoisotopic (exact) mass is 325 g/mol. The zero-order chi connectivity index (χ0) is 16.1. The highest BCUT2D eigenvalue weighted by molar-refractivity contribution is 7.09. The molecule has 0 bridgehead atoms. The van der Waals surface area contributed by atoms with Crippen LogP contribution < -0.4 is 0 Å². The molecule has 0 N–H and O–H groups in total. The molecule has 0 spiro atoms. The number of amides is 1. The van der Waals surface area contributed by atoms with E-state index >= 15 is 0 Å². The van der Waals surface area contributed by atoms with Crippen LogP contribution >= 0.6 is 11.3 Å². The first-order valence-electron chi connectivity index (χ1n) is 7.59. The molecule has 0 aliphatic carbocycles. The van der Waals surface area contributed by atoms with E-state index in [2.05, 4.69) is 6.07 Å². The van der Waals surface area contributed by atoms with E-state index in [9.17, 15) is 4.79 Å². The molecule has 0 aliphatic rings. The molecule has 0 unspecified atom stereocenters. The number of rotatable bonds is 6. The Labute approximate surface area is 140 Å². The highest BCUT2D eigenvalue weighted by Crippen LogP contribution is 2.16. The lowest BCUT2D eigenvalue weighted by Gasteiger charge is -2.21. The first-order valence-corrected chi connectivity index (χ1v) is 8.47. The maximum absolute atomic E-state index is 12.7. The second kappa shape index (κ2) is 7.29. The molecule has 1 amide bonds. The number of aryl methyl sites for hydroxylation is 1. The van der Waals surface area contributed by atoms with Crippen molar-refractivity contribution in [2.75, 3.05) is 0 Å². The van der Waals surface area contributed by atoms with Gasteiger partial charge >= 0.3 is 0 Å². The normalized spacial score (nSPS) is 10.7. The fourth-order valence-electron chi connectivity index (χ4n) is 2.41. The van der Waals surface area contributed by atoms with E-state index in [4.69, 9.17) is 4.42 Å². The summed E-state index contributed by atoms with van der Waals surface area (Å²) >= 11 is 1.67. The van der Waals surface area contributed by atoms with Crippen LogP contribution in [0.3, 0.4) is 0 Å². The SMILES string of the molecule is Cc1ccc(CC(=O)N(Cc2ccco2)Cc2cccs2)cc1. The summed E-state index contributed by atoms with van der Waals surface area (Å²) in [5.74, 6) is 0.914. The molecule has 0 aliphatic heterocycles. The molecule has 1 aromatic carbocycles. The summed E-state index contributed by atoms with van der Waals surface area (Å²) in [7, 11) is 0. The van der Waals surface area contributed by atoms with Crippen LogP contribution in [0.15, 0.2) is 64.6 Å². The zero-order valence-corrected chi connectivity index (χ0v) is 13.9. The van der Waals surface area contributed by atoms with E-state index in [1.807, 2.05) is 59.7 Å². The molecule has 4 heteroatoms. The smallest absolute Gasteiger partial charge is 0.227 e. The van der Waals surface area contributed by atoms with E-state index in [0.29, 0.717) is 19.5 Å². The molecule has 0 atom stereocenters. The summed E-state index contributed by atoms with van der Waals surface area (Å²) in [6.45, 7) is 3.16. The minimum absolute atomic E-state index is 0.110. The van der Waals surface area contributed by atoms with Gasteiger partial charge in [-0.05, 0) is 36.1 Å². The summed E-state index contributed by atoms with van der Waals surface area (Å²) in [6.07, 6.45) is 2.05. The molecule has 0 fully saturated rings. The Bertz CT molecular complexity index is 694. The Balaban J connectivity index is 1.73. The molecule has 2 heterocycles. The van der Waals surface area contributed by atoms with Crippen LogP contribution in [0, 0.1) is 6.92 Å². The van der Waals surface area contributed by atoms with Gasteiger partial charge in [-0.2, -0.15) is 0 Å². The lowest BCUT2D eigenvalue weighted by molar-refractivity contribution is -0.131. The van der Waals surface area contributed by atoms with E-state index in [0.717, 1.165) is 11.3 Å². The highest BCUT2D eigenvalue weighted by Gasteiger charge is 2.17. The summed E-state index contributed by atoms with van der Waals surface area (Å²) in [6, 6.07) is 15.9. The standard InChI is InChI=1S/C19H19NO2S/c1-15-6-8-16(9-7-15)12-19(21)20(13-17-4-2-10-22-17)14-18-5-3-11-23-18/h2-11H,12-14H2,1H3. The van der Waals surface area contributed by atoms with Gasteiger partial charge in [0.2, 0.25) is 5.91 Å². The predicted octanol–water partition coefficient (Wildman–Crippen LogP) is 4.42. The second-order valence-electron chi connectivity index (χ2n) is 5.57. The average molecular weight is 325 g/mol. The van der Waals surface area contributed by atoms with Crippen LogP contribution in [-0.2, 0) is 24.3 Å². The Morgan fingerprint density at radius 3 is 2.57 bits per heavy atom. The third-order valence-corrected chi connectivity index (χ3v) is 4.54. The maximum atomic E-state index is 12.7. The predicted molar refractivity (Wildman–Crippen MR) is 92.2 cm³/mol. The minimum atomic E-state index is 0.110. The zero-order valence-electron chi connectivity index (χ0n) is 13.1. The van der Waals surface area contributed by atoms with Crippen LogP contribution in [0.5, 0.6) is 0 Å². The van der Waals surface area contributed by atoms with Gasteiger partial charge in [0.1, 0.15) is 5.76 Å².